The topological polar surface area (TPSA) is 64.1 Å². The van der Waals surface area contributed by atoms with E-state index in [9.17, 15) is 4.79 Å². The molecule has 1 N–H and O–H groups in total. The van der Waals surface area contributed by atoms with Gasteiger partial charge < -0.3 is 10.1 Å². The first-order chi connectivity index (χ1) is 10.3. The van der Waals surface area contributed by atoms with Crippen molar-refractivity contribution in [1.29, 1.82) is 0 Å². The molecule has 1 atom stereocenters. The second kappa shape index (κ2) is 6.01. The molecule has 1 unspecified atom stereocenters. The van der Waals surface area contributed by atoms with Crippen LogP contribution in [0.4, 0.5) is 0 Å². The summed E-state index contributed by atoms with van der Waals surface area (Å²) in [7, 11) is 1.62. The molecule has 2 aromatic heterocycles. The number of aromatic nitrogens is 2. The number of fused-ring (bicyclic) bond motifs is 1. The number of carbonyl (C=O) groups is 1. The number of nitrogens with one attached hydrogen (secondary N) is 1. The Kier molecular flexibility index (Phi) is 3.92. The number of methoxy groups -OCH3 is 1. The van der Waals surface area contributed by atoms with Gasteiger partial charge in [0.05, 0.1) is 17.9 Å². The Morgan fingerprint density at radius 2 is 2.24 bits per heavy atom. The van der Waals surface area contributed by atoms with E-state index >= 15 is 0 Å². The van der Waals surface area contributed by atoms with Crippen LogP contribution in [-0.4, -0.2) is 29.0 Å². The molecule has 0 aromatic carbocycles. The van der Waals surface area contributed by atoms with E-state index in [0.717, 1.165) is 24.2 Å². The first kappa shape index (κ1) is 13.7. The molecule has 2 aromatic rings. The zero-order valence-electron chi connectivity index (χ0n) is 11.9. The summed E-state index contributed by atoms with van der Waals surface area (Å²) in [5, 5.41) is 3.04. The van der Waals surface area contributed by atoms with Crippen LogP contribution in [0.15, 0.2) is 36.7 Å². The van der Waals surface area contributed by atoms with E-state index in [4.69, 9.17) is 4.74 Å². The Morgan fingerprint density at radius 3 is 2.95 bits per heavy atom. The fraction of sp³-hybridized carbons (Fsp3) is 0.312. The molecule has 0 fully saturated rings. The van der Waals surface area contributed by atoms with Gasteiger partial charge in [-0.25, -0.2) is 0 Å². The minimum atomic E-state index is -0.0933. The van der Waals surface area contributed by atoms with Gasteiger partial charge in [0.15, 0.2) is 0 Å². The van der Waals surface area contributed by atoms with Gasteiger partial charge in [-0.05, 0) is 30.2 Å². The number of pyridine rings is 2. The summed E-state index contributed by atoms with van der Waals surface area (Å²) in [6.45, 7) is 0.450. The predicted octanol–water partition coefficient (Wildman–Crippen LogP) is 1.52. The molecule has 1 aliphatic rings. The van der Waals surface area contributed by atoms with E-state index in [-0.39, 0.29) is 11.9 Å². The van der Waals surface area contributed by atoms with Crippen LogP contribution < -0.4 is 5.32 Å². The van der Waals surface area contributed by atoms with Crippen molar-refractivity contribution in [1.82, 2.24) is 15.3 Å². The molecular formula is C16H17N3O2. The molecule has 0 radical (unpaired) electrons. The van der Waals surface area contributed by atoms with Crippen molar-refractivity contribution >= 4 is 5.91 Å². The molecule has 0 saturated heterocycles. The molecule has 1 amide bonds. The Bertz CT molecular complexity index is 615. The molecule has 5 heteroatoms. The highest BCUT2D eigenvalue weighted by Crippen LogP contribution is 2.19. The average Bonchev–Trinajstić information content (AvgIpc) is 2.90. The first-order valence-corrected chi connectivity index (χ1v) is 6.94. The molecule has 2 heterocycles. The molecule has 0 bridgehead atoms. The number of amides is 1. The summed E-state index contributed by atoms with van der Waals surface area (Å²) in [4.78, 5) is 20.8. The summed E-state index contributed by atoms with van der Waals surface area (Å²) >= 11 is 0. The van der Waals surface area contributed by atoms with Crippen LogP contribution >= 0.6 is 0 Å². The average molecular weight is 283 g/mol. The Labute approximate surface area is 123 Å². The fourth-order valence-electron chi connectivity index (χ4n) is 2.57. The Hall–Kier alpha value is -2.27. The summed E-state index contributed by atoms with van der Waals surface area (Å²) in [6, 6.07) is 7.69. The van der Waals surface area contributed by atoms with Crippen LogP contribution in [0.25, 0.3) is 0 Å². The third-order valence-corrected chi connectivity index (χ3v) is 3.60. The normalized spacial score (nSPS) is 16.5. The van der Waals surface area contributed by atoms with Gasteiger partial charge in [-0.3, -0.25) is 14.8 Å². The molecule has 0 saturated carbocycles. The maximum absolute atomic E-state index is 12.2. The summed E-state index contributed by atoms with van der Waals surface area (Å²) in [6.07, 6.45) is 5.01. The quantitative estimate of drug-likeness (QED) is 0.924. The van der Waals surface area contributed by atoms with Gasteiger partial charge in [-0.1, -0.05) is 6.07 Å². The molecule has 0 aliphatic heterocycles. The van der Waals surface area contributed by atoms with Crippen molar-refractivity contribution in [2.45, 2.75) is 25.5 Å². The van der Waals surface area contributed by atoms with Crippen LogP contribution in [0, 0.1) is 0 Å². The number of ether oxygens (including phenoxy) is 1. The molecule has 1 aliphatic carbocycles. The summed E-state index contributed by atoms with van der Waals surface area (Å²) in [5.74, 6) is -0.0933. The van der Waals surface area contributed by atoms with Gasteiger partial charge in [0.2, 0.25) is 0 Å². The lowest BCUT2D eigenvalue weighted by atomic mass is 10.2. The number of hydrogen-bond donors (Lipinski definition) is 1. The van der Waals surface area contributed by atoms with Crippen LogP contribution in [0.3, 0.4) is 0 Å². The molecule has 5 nitrogen and oxygen atoms in total. The van der Waals surface area contributed by atoms with Crippen molar-refractivity contribution < 1.29 is 9.53 Å². The SMILES string of the molecule is COCc1ccc(C(=O)NC2Cc3cccnc3C2)cn1. The van der Waals surface area contributed by atoms with E-state index in [1.807, 2.05) is 12.1 Å². The standard InChI is InChI=1S/C16H17N3O2/c1-21-10-13-5-4-12(9-18-13)16(20)19-14-7-11-3-2-6-17-15(11)8-14/h2-6,9,14H,7-8,10H2,1H3,(H,19,20). The van der Waals surface area contributed by atoms with E-state index in [1.54, 1.807) is 25.6 Å². The third-order valence-electron chi connectivity index (χ3n) is 3.60. The van der Waals surface area contributed by atoms with Gasteiger partial charge in [0.1, 0.15) is 0 Å². The zero-order valence-corrected chi connectivity index (χ0v) is 11.9. The van der Waals surface area contributed by atoms with Crippen molar-refractivity contribution in [3.05, 3.63) is 59.2 Å². The fourth-order valence-corrected chi connectivity index (χ4v) is 2.57. The van der Waals surface area contributed by atoms with Gasteiger partial charge in [0, 0.05) is 37.7 Å². The van der Waals surface area contributed by atoms with E-state index in [2.05, 4.69) is 21.4 Å². The van der Waals surface area contributed by atoms with E-state index < -0.39 is 0 Å². The monoisotopic (exact) mass is 283 g/mol. The first-order valence-electron chi connectivity index (χ1n) is 6.94. The molecule has 0 spiro atoms. The predicted molar refractivity (Wildman–Crippen MR) is 77.8 cm³/mol. The largest absolute Gasteiger partial charge is 0.378 e. The Balaban J connectivity index is 1.62. The van der Waals surface area contributed by atoms with Crippen molar-refractivity contribution in [2.24, 2.45) is 0 Å². The molecule has 3 rings (SSSR count). The number of carbonyl (C=O) groups excluding carboxylic acids is 1. The third kappa shape index (κ3) is 3.08. The highest BCUT2D eigenvalue weighted by Gasteiger charge is 2.23. The second-order valence-corrected chi connectivity index (χ2v) is 5.16. The van der Waals surface area contributed by atoms with Crippen molar-refractivity contribution in [2.75, 3.05) is 7.11 Å². The highest BCUT2D eigenvalue weighted by molar-refractivity contribution is 5.94. The van der Waals surface area contributed by atoms with Crippen molar-refractivity contribution in [3.63, 3.8) is 0 Å². The Morgan fingerprint density at radius 1 is 1.33 bits per heavy atom. The van der Waals surface area contributed by atoms with Gasteiger partial charge in [-0.15, -0.1) is 0 Å². The minimum Gasteiger partial charge on any atom is -0.378 e. The van der Waals surface area contributed by atoms with Crippen LogP contribution in [0.1, 0.15) is 27.3 Å². The number of nitrogens with zero attached hydrogens (tertiary/aromatic N) is 2. The lowest BCUT2D eigenvalue weighted by Gasteiger charge is -2.11. The summed E-state index contributed by atoms with van der Waals surface area (Å²) < 4.78 is 5.00. The molecule has 21 heavy (non-hydrogen) atoms. The van der Waals surface area contributed by atoms with Crippen LogP contribution in [-0.2, 0) is 24.2 Å². The van der Waals surface area contributed by atoms with E-state index in [1.165, 1.54) is 5.56 Å². The lowest BCUT2D eigenvalue weighted by molar-refractivity contribution is 0.0938. The minimum absolute atomic E-state index is 0.0933. The van der Waals surface area contributed by atoms with Crippen LogP contribution in [0.5, 0.6) is 0 Å². The van der Waals surface area contributed by atoms with Gasteiger partial charge >= 0.3 is 0 Å². The van der Waals surface area contributed by atoms with E-state index in [0.29, 0.717) is 12.2 Å². The van der Waals surface area contributed by atoms with Gasteiger partial charge in [0.25, 0.3) is 5.91 Å². The number of rotatable bonds is 4. The molecular weight excluding hydrogens is 266 g/mol. The second-order valence-electron chi connectivity index (χ2n) is 5.16. The highest BCUT2D eigenvalue weighted by atomic mass is 16.5. The number of hydrogen-bond acceptors (Lipinski definition) is 4. The van der Waals surface area contributed by atoms with Crippen molar-refractivity contribution in [3.8, 4) is 0 Å². The lowest BCUT2D eigenvalue weighted by Crippen LogP contribution is -2.35. The molecule has 108 valence electrons. The smallest absolute Gasteiger partial charge is 0.253 e. The maximum Gasteiger partial charge on any atom is 0.253 e. The van der Waals surface area contributed by atoms with Gasteiger partial charge in [-0.2, -0.15) is 0 Å². The zero-order chi connectivity index (χ0) is 14.7. The summed E-state index contributed by atoms with van der Waals surface area (Å²) in [5.41, 5.74) is 3.68. The van der Waals surface area contributed by atoms with Crippen LogP contribution in [0.2, 0.25) is 0 Å². The maximum atomic E-state index is 12.2.